The molecule has 1 amide bonds. The van der Waals surface area contributed by atoms with Crippen LogP contribution in [-0.4, -0.2) is 45.5 Å². The largest absolute Gasteiger partial charge is 0.379 e. The zero-order valence-electron chi connectivity index (χ0n) is 11.2. The maximum Gasteiger partial charge on any atom is 0.255 e. The summed E-state index contributed by atoms with van der Waals surface area (Å²) in [6.07, 6.45) is 0.698. The van der Waals surface area contributed by atoms with E-state index in [9.17, 15) is 17.6 Å². The molecule has 0 aromatic heterocycles. The van der Waals surface area contributed by atoms with E-state index in [1.54, 1.807) is 7.05 Å². The third-order valence-corrected chi connectivity index (χ3v) is 4.91. The minimum Gasteiger partial charge on any atom is -0.379 e. The highest BCUT2D eigenvalue weighted by Gasteiger charge is 2.28. The molecular weight excluding hydrogens is 367 g/mol. The number of carbonyl (C=O) groups excluding carboxylic acids is 1. The van der Waals surface area contributed by atoms with E-state index in [2.05, 4.69) is 15.9 Å². The lowest BCUT2D eigenvalue weighted by atomic mass is 10.1. The van der Waals surface area contributed by atoms with E-state index in [0.717, 1.165) is 12.1 Å². The number of nitrogens with two attached hydrogens (primary N) is 1. The molecule has 1 aromatic rings. The van der Waals surface area contributed by atoms with Gasteiger partial charge in [-0.1, -0.05) is 0 Å². The predicted octanol–water partition coefficient (Wildman–Crippen LogP) is 1.10. The van der Waals surface area contributed by atoms with Gasteiger partial charge in [0.05, 0.1) is 18.2 Å². The van der Waals surface area contributed by atoms with Gasteiger partial charge in [0.15, 0.2) is 0 Å². The lowest BCUT2D eigenvalue weighted by Crippen LogP contribution is -2.37. The molecule has 0 bridgehead atoms. The van der Waals surface area contributed by atoms with Gasteiger partial charge in [0.2, 0.25) is 10.0 Å². The van der Waals surface area contributed by atoms with Crippen LogP contribution in [0.15, 0.2) is 21.5 Å². The van der Waals surface area contributed by atoms with E-state index in [1.165, 1.54) is 4.90 Å². The first-order valence-electron chi connectivity index (χ1n) is 6.08. The van der Waals surface area contributed by atoms with Crippen molar-refractivity contribution in [2.75, 3.05) is 20.3 Å². The van der Waals surface area contributed by atoms with Crippen LogP contribution in [0, 0.1) is 5.82 Å². The Bertz CT molecular complexity index is 674. The summed E-state index contributed by atoms with van der Waals surface area (Å²) in [5.74, 6) is -1.44. The van der Waals surface area contributed by atoms with E-state index in [0.29, 0.717) is 19.6 Å². The first kappa shape index (κ1) is 16.3. The van der Waals surface area contributed by atoms with Gasteiger partial charge in [-0.3, -0.25) is 4.79 Å². The summed E-state index contributed by atoms with van der Waals surface area (Å²) >= 11 is 3.07. The number of hydrogen-bond acceptors (Lipinski definition) is 4. The molecule has 9 heteroatoms. The normalized spacial score (nSPS) is 18.8. The molecule has 1 fully saturated rings. The quantitative estimate of drug-likeness (QED) is 0.849. The highest BCUT2D eigenvalue weighted by atomic mass is 79.9. The number of likely N-dealkylation sites (N-methyl/N-ethyl adjacent to an activating group) is 1. The lowest BCUT2D eigenvalue weighted by Gasteiger charge is -2.24. The van der Waals surface area contributed by atoms with Crippen LogP contribution in [0.25, 0.3) is 0 Å². The Hall–Kier alpha value is -1.03. The first-order valence-corrected chi connectivity index (χ1v) is 8.42. The number of sulfonamides is 1. The molecule has 2 rings (SSSR count). The van der Waals surface area contributed by atoms with Crippen molar-refractivity contribution in [2.45, 2.75) is 17.4 Å². The molecule has 1 atom stereocenters. The molecule has 1 heterocycles. The standard InChI is InChI=1S/C12H14BrFN2O4S/c1-16(7-2-3-20-6-7)12(17)8-4-11(21(15,18)19)10(14)5-9(8)13/h4-5,7H,2-3,6H2,1H3,(H2,15,18,19). The van der Waals surface area contributed by atoms with Crippen LogP contribution in [0.2, 0.25) is 0 Å². The zero-order valence-corrected chi connectivity index (χ0v) is 13.6. The number of nitrogens with zero attached hydrogens (tertiary/aromatic N) is 1. The summed E-state index contributed by atoms with van der Waals surface area (Å²) < 4.78 is 41.7. The van der Waals surface area contributed by atoms with Crippen molar-refractivity contribution in [1.29, 1.82) is 0 Å². The molecule has 1 aliphatic rings. The summed E-state index contributed by atoms with van der Waals surface area (Å²) in [5, 5.41) is 4.95. The Labute approximate surface area is 130 Å². The van der Waals surface area contributed by atoms with E-state index < -0.39 is 26.6 Å². The summed E-state index contributed by atoms with van der Waals surface area (Å²) in [5.41, 5.74) is 0.0369. The van der Waals surface area contributed by atoms with Gasteiger partial charge < -0.3 is 9.64 Å². The van der Waals surface area contributed by atoms with Gasteiger partial charge in [-0.2, -0.15) is 0 Å². The maximum atomic E-state index is 13.7. The molecule has 116 valence electrons. The second kappa shape index (κ2) is 5.99. The van der Waals surface area contributed by atoms with Gasteiger partial charge in [0.1, 0.15) is 10.7 Å². The minimum absolute atomic E-state index is 0.0369. The van der Waals surface area contributed by atoms with Crippen molar-refractivity contribution >= 4 is 31.9 Å². The van der Waals surface area contributed by atoms with E-state index in [1.807, 2.05) is 0 Å². The summed E-state index contributed by atoms with van der Waals surface area (Å²) in [6, 6.07) is 1.78. The summed E-state index contributed by atoms with van der Waals surface area (Å²) in [6.45, 7) is 0.985. The molecule has 6 nitrogen and oxygen atoms in total. The minimum atomic E-state index is -4.24. The molecular formula is C12H14BrFN2O4S. The number of hydrogen-bond donors (Lipinski definition) is 1. The van der Waals surface area contributed by atoms with Crippen molar-refractivity contribution in [3.05, 3.63) is 28.0 Å². The molecule has 1 aromatic carbocycles. The van der Waals surface area contributed by atoms with Gasteiger partial charge >= 0.3 is 0 Å². The second-order valence-corrected chi connectivity index (χ2v) is 7.13. The van der Waals surface area contributed by atoms with Crippen LogP contribution >= 0.6 is 15.9 Å². The van der Waals surface area contributed by atoms with Gasteiger partial charge in [-0.05, 0) is 34.5 Å². The summed E-state index contributed by atoms with van der Waals surface area (Å²) in [4.78, 5) is 13.2. The van der Waals surface area contributed by atoms with Crippen molar-refractivity contribution in [2.24, 2.45) is 5.14 Å². The monoisotopic (exact) mass is 380 g/mol. The van der Waals surface area contributed by atoms with Crippen LogP contribution in [0.5, 0.6) is 0 Å². The van der Waals surface area contributed by atoms with E-state index in [4.69, 9.17) is 9.88 Å². The highest BCUT2D eigenvalue weighted by Crippen LogP contribution is 2.26. The number of halogens is 2. The topological polar surface area (TPSA) is 89.7 Å². The molecule has 1 aliphatic heterocycles. The molecule has 0 aliphatic carbocycles. The number of benzene rings is 1. The Morgan fingerprint density at radius 2 is 2.19 bits per heavy atom. The molecule has 1 saturated heterocycles. The number of amides is 1. The van der Waals surface area contributed by atoms with E-state index in [-0.39, 0.29) is 16.1 Å². The smallest absolute Gasteiger partial charge is 0.255 e. The third-order valence-electron chi connectivity index (χ3n) is 3.33. The third kappa shape index (κ3) is 3.42. The predicted molar refractivity (Wildman–Crippen MR) is 76.8 cm³/mol. The highest BCUT2D eigenvalue weighted by molar-refractivity contribution is 9.10. The SMILES string of the molecule is CN(C(=O)c1cc(S(N)(=O)=O)c(F)cc1Br)C1CCOC1. The fraction of sp³-hybridized carbons (Fsp3) is 0.417. The van der Waals surface area contributed by atoms with Crippen LogP contribution in [0.4, 0.5) is 4.39 Å². The first-order chi connectivity index (χ1) is 9.71. The van der Waals surface area contributed by atoms with Crippen LogP contribution in [0.1, 0.15) is 16.8 Å². The second-order valence-electron chi connectivity index (χ2n) is 4.74. The number of carbonyl (C=O) groups is 1. The molecule has 1 unspecified atom stereocenters. The molecule has 21 heavy (non-hydrogen) atoms. The average Bonchev–Trinajstić information content (AvgIpc) is 2.89. The summed E-state index contributed by atoms with van der Waals surface area (Å²) in [7, 11) is -2.65. The van der Waals surface area contributed by atoms with Crippen molar-refractivity contribution in [3.8, 4) is 0 Å². The van der Waals surface area contributed by atoms with E-state index >= 15 is 0 Å². The number of primary sulfonamides is 1. The maximum absolute atomic E-state index is 13.7. The van der Waals surface area contributed by atoms with Gasteiger partial charge in [-0.25, -0.2) is 17.9 Å². The Morgan fingerprint density at radius 1 is 1.52 bits per heavy atom. The number of ether oxygens (including phenoxy) is 1. The van der Waals surface area contributed by atoms with Crippen molar-refractivity contribution in [1.82, 2.24) is 4.90 Å². The van der Waals surface area contributed by atoms with Crippen molar-refractivity contribution < 1.29 is 22.3 Å². The fourth-order valence-corrected chi connectivity index (χ4v) is 3.19. The van der Waals surface area contributed by atoms with Crippen LogP contribution in [0.3, 0.4) is 0 Å². The lowest BCUT2D eigenvalue weighted by molar-refractivity contribution is 0.0710. The Balaban J connectivity index is 2.41. The molecule has 2 N–H and O–H groups in total. The van der Waals surface area contributed by atoms with Gasteiger partial charge in [-0.15, -0.1) is 0 Å². The average molecular weight is 381 g/mol. The Kier molecular flexibility index (Phi) is 4.66. The zero-order chi connectivity index (χ0) is 15.8. The van der Waals surface area contributed by atoms with Gasteiger partial charge in [0.25, 0.3) is 5.91 Å². The molecule has 0 radical (unpaired) electrons. The Morgan fingerprint density at radius 3 is 2.71 bits per heavy atom. The van der Waals surface area contributed by atoms with Crippen LogP contribution < -0.4 is 5.14 Å². The fourth-order valence-electron chi connectivity index (χ4n) is 2.09. The number of rotatable bonds is 3. The molecule has 0 saturated carbocycles. The van der Waals surface area contributed by atoms with Crippen LogP contribution in [-0.2, 0) is 14.8 Å². The molecule has 0 spiro atoms. The van der Waals surface area contributed by atoms with Crippen molar-refractivity contribution in [3.63, 3.8) is 0 Å². The van der Waals surface area contributed by atoms with Gasteiger partial charge in [0, 0.05) is 18.1 Å².